The highest BCUT2D eigenvalue weighted by Gasteiger charge is 2.25. The van der Waals surface area contributed by atoms with E-state index in [4.69, 9.17) is 4.42 Å². The second kappa shape index (κ2) is 7.67. The number of thiophene rings is 1. The van der Waals surface area contributed by atoms with Crippen LogP contribution in [0.4, 0.5) is 5.69 Å². The number of hydrogen-bond acceptors (Lipinski definition) is 7. The van der Waals surface area contributed by atoms with Crippen molar-refractivity contribution in [2.45, 2.75) is 37.8 Å². The molecule has 0 unspecified atom stereocenters. The standard InChI is InChI=1S/C22H21N3O3S2/c1-12-3-6-18-15(7-12)9-19(30-18)21-23-24-22(28-21)29-11-17(26)13-4-5-16-14(8-13)10-20(27)25(16)2/h4-5,8-9,12H,3,6-7,10-11H2,1-2H3/t12-/m0/s1. The third-order valence-corrected chi connectivity index (χ3v) is 7.80. The van der Waals surface area contributed by atoms with Gasteiger partial charge in [0.25, 0.3) is 11.1 Å². The van der Waals surface area contributed by atoms with Crippen molar-refractivity contribution in [3.05, 3.63) is 45.8 Å². The molecule has 3 heterocycles. The Morgan fingerprint density at radius 1 is 1.30 bits per heavy atom. The Bertz CT molecular complexity index is 1150. The summed E-state index contributed by atoms with van der Waals surface area (Å²) in [5, 5.41) is 8.69. The summed E-state index contributed by atoms with van der Waals surface area (Å²) in [7, 11) is 1.75. The van der Waals surface area contributed by atoms with Gasteiger partial charge in [-0.1, -0.05) is 18.7 Å². The summed E-state index contributed by atoms with van der Waals surface area (Å²) >= 11 is 2.98. The topological polar surface area (TPSA) is 76.3 Å². The van der Waals surface area contributed by atoms with E-state index in [9.17, 15) is 9.59 Å². The Balaban J connectivity index is 1.25. The molecule has 30 heavy (non-hydrogen) atoms. The molecule has 1 aliphatic carbocycles. The fraction of sp³-hybridized carbons (Fsp3) is 0.364. The van der Waals surface area contributed by atoms with Crippen LogP contribution in [0.2, 0.25) is 0 Å². The van der Waals surface area contributed by atoms with Gasteiger partial charge in [0.05, 0.1) is 17.1 Å². The lowest BCUT2D eigenvalue weighted by Crippen LogP contribution is -2.20. The van der Waals surface area contributed by atoms with Crippen LogP contribution in [0.25, 0.3) is 10.8 Å². The van der Waals surface area contributed by atoms with Gasteiger partial charge in [-0.15, -0.1) is 21.5 Å². The van der Waals surface area contributed by atoms with E-state index >= 15 is 0 Å². The number of nitrogens with zero attached hydrogens (tertiary/aromatic N) is 3. The van der Waals surface area contributed by atoms with Gasteiger partial charge in [-0.05, 0) is 60.6 Å². The highest BCUT2D eigenvalue weighted by Crippen LogP contribution is 2.37. The lowest BCUT2D eigenvalue weighted by Gasteiger charge is -2.16. The van der Waals surface area contributed by atoms with E-state index in [0.717, 1.165) is 34.9 Å². The van der Waals surface area contributed by atoms with Crippen LogP contribution in [0.1, 0.15) is 39.7 Å². The van der Waals surface area contributed by atoms with Crippen molar-refractivity contribution in [3.63, 3.8) is 0 Å². The second-order valence-electron chi connectivity index (χ2n) is 7.97. The van der Waals surface area contributed by atoms with E-state index in [2.05, 4.69) is 23.2 Å². The minimum Gasteiger partial charge on any atom is -0.410 e. The molecule has 1 atom stereocenters. The number of carbonyl (C=O) groups is 2. The van der Waals surface area contributed by atoms with Crippen molar-refractivity contribution in [2.75, 3.05) is 17.7 Å². The molecule has 2 aliphatic rings. The van der Waals surface area contributed by atoms with Crippen molar-refractivity contribution >= 4 is 40.5 Å². The number of likely N-dealkylation sites (N-methyl/N-ethyl adjacent to an activating group) is 1. The van der Waals surface area contributed by atoms with Crippen LogP contribution in [0.15, 0.2) is 33.9 Å². The minimum absolute atomic E-state index is 0.0230. The first-order valence-electron chi connectivity index (χ1n) is 9.99. The first-order chi connectivity index (χ1) is 14.5. The summed E-state index contributed by atoms with van der Waals surface area (Å²) in [6, 6.07) is 7.59. The largest absolute Gasteiger partial charge is 0.410 e. The third-order valence-electron chi connectivity index (χ3n) is 5.75. The molecule has 1 aliphatic heterocycles. The monoisotopic (exact) mass is 439 g/mol. The number of Topliss-reactive ketones (excluding diaryl/α,β-unsaturated/α-hetero) is 1. The molecule has 0 saturated carbocycles. The zero-order chi connectivity index (χ0) is 20.8. The van der Waals surface area contributed by atoms with Gasteiger partial charge in [-0.3, -0.25) is 9.59 Å². The number of fused-ring (bicyclic) bond motifs is 2. The van der Waals surface area contributed by atoms with Crippen LogP contribution in [0.5, 0.6) is 0 Å². The fourth-order valence-corrected chi connectivity index (χ4v) is 5.82. The summed E-state index contributed by atoms with van der Waals surface area (Å²) in [6.45, 7) is 2.29. The lowest BCUT2D eigenvalue weighted by atomic mass is 9.90. The molecule has 6 nitrogen and oxygen atoms in total. The summed E-state index contributed by atoms with van der Waals surface area (Å²) in [5.74, 6) is 1.48. The van der Waals surface area contributed by atoms with E-state index < -0.39 is 0 Å². The number of ketones is 1. The number of benzene rings is 1. The van der Waals surface area contributed by atoms with Gasteiger partial charge in [-0.25, -0.2) is 0 Å². The lowest BCUT2D eigenvalue weighted by molar-refractivity contribution is -0.117. The molecule has 0 spiro atoms. The molecule has 0 N–H and O–H groups in total. The van der Waals surface area contributed by atoms with Crippen LogP contribution >= 0.6 is 23.1 Å². The quantitative estimate of drug-likeness (QED) is 0.433. The molecular weight excluding hydrogens is 418 g/mol. The predicted octanol–water partition coefficient (Wildman–Crippen LogP) is 4.42. The smallest absolute Gasteiger partial charge is 0.277 e. The Kier molecular flexibility index (Phi) is 4.99. The van der Waals surface area contributed by atoms with Crippen LogP contribution < -0.4 is 4.90 Å². The number of anilines is 1. The fourth-order valence-electron chi connectivity index (χ4n) is 4.03. The van der Waals surface area contributed by atoms with Gasteiger partial charge in [0.2, 0.25) is 5.91 Å². The maximum absolute atomic E-state index is 12.6. The molecule has 8 heteroatoms. The summed E-state index contributed by atoms with van der Waals surface area (Å²) < 4.78 is 5.81. The van der Waals surface area contributed by atoms with E-state index in [-0.39, 0.29) is 17.4 Å². The molecule has 0 radical (unpaired) electrons. The SMILES string of the molecule is C[C@H]1CCc2sc(-c3nnc(SCC(=O)c4ccc5c(c4)CC(=O)N5C)o3)cc2C1. The Hall–Kier alpha value is -2.45. The van der Waals surface area contributed by atoms with E-state index in [1.54, 1.807) is 29.4 Å². The van der Waals surface area contributed by atoms with Crippen molar-refractivity contribution < 1.29 is 14.0 Å². The van der Waals surface area contributed by atoms with Crippen molar-refractivity contribution in [1.82, 2.24) is 10.2 Å². The minimum atomic E-state index is -0.0230. The Morgan fingerprint density at radius 3 is 3.03 bits per heavy atom. The summed E-state index contributed by atoms with van der Waals surface area (Å²) in [6.07, 6.45) is 3.80. The van der Waals surface area contributed by atoms with Crippen LogP contribution in [0.3, 0.4) is 0 Å². The van der Waals surface area contributed by atoms with Gasteiger partial charge >= 0.3 is 0 Å². The van der Waals surface area contributed by atoms with Crippen molar-refractivity contribution in [2.24, 2.45) is 5.92 Å². The first kappa shape index (κ1) is 19.5. The molecule has 1 aromatic carbocycles. The average Bonchev–Trinajstić information content (AvgIpc) is 3.43. The molecule has 1 amide bonds. The predicted molar refractivity (Wildman–Crippen MR) is 117 cm³/mol. The number of amides is 1. The van der Waals surface area contributed by atoms with E-state index in [1.807, 2.05) is 12.1 Å². The second-order valence-corrected chi connectivity index (χ2v) is 10.0. The summed E-state index contributed by atoms with van der Waals surface area (Å²) in [5.41, 5.74) is 3.77. The van der Waals surface area contributed by atoms with Crippen LogP contribution in [-0.4, -0.2) is 34.7 Å². The molecule has 154 valence electrons. The average molecular weight is 440 g/mol. The molecule has 5 rings (SSSR count). The number of hydrogen-bond donors (Lipinski definition) is 0. The van der Waals surface area contributed by atoms with Crippen LogP contribution in [0, 0.1) is 5.92 Å². The zero-order valence-corrected chi connectivity index (χ0v) is 18.4. The summed E-state index contributed by atoms with van der Waals surface area (Å²) in [4.78, 5) is 28.5. The highest BCUT2D eigenvalue weighted by molar-refractivity contribution is 7.99. The molecule has 0 saturated heterocycles. The van der Waals surface area contributed by atoms with Crippen molar-refractivity contribution in [1.29, 1.82) is 0 Å². The number of aromatic nitrogens is 2. The number of thioether (sulfide) groups is 1. The molecule has 0 fully saturated rings. The molecular formula is C22H21N3O3S2. The number of carbonyl (C=O) groups excluding carboxylic acids is 2. The molecule has 2 aromatic heterocycles. The first-order valence-corrected chi connectivity index (χ1v) is 11.8. The van der Waals surface area contributed by atoms with Crippen molar-refractivity contribution in [3.8, 4) is 10.8 Å². The maximum Gasteiger partial charge on any atom is 0.277 e. The maximum atomic E-state index is 12.6. The van der Waals surface area contributed by atoms with Gasteiger partial charge in [0.1, 0.15) is 0 Å². The van der Waals surface area contributed by atoms with Gasteiger partial charge < -0.3 is 9.32 Å². The van der Waals surface area contributed by atoms with E-state index in [1.165, 1.54) is 28.6 Å². The Labute approximate surface area is 182 Å². The zero-order valence-electron chi connectivity index (χ0n) is 16.8. The highest BCUT2D eigenvalue weighted by atomic mass is 32.2. The third kappa shape index (κ3) is 3.58. The van der Waals surface area contributed by atoms with Gasteiger partial charge in [-0.2, -0.15) is 0 Å². The number of aryl methyl sites for hydroxylation is 1. The Morgan fingerprint density at radius 2 is 2.17 bits per heavy atom. The molecule has 3 aromatic rings. The van der Waals surface area contributed by atoms with Crippen LogP contribution in [-0.2, 0) is 24.1 Å². The van der Waals surface area contributed by atoms with Gasteiger partial charge in [0, 0.05) is 23.2 Å². The normalized spacial score (nSPS) is 17.9. The van der Waals surface area contributed by atoms with E-state index in [0.29, 0.717) is 23.1 Å². The molecule has 0 bridgehead atoms. The van der Waals surface area contributed by atoms with Gasteiger partial charge in [0.15, 0.2) is 5.78 Å². The number of rotatable bonds is 5.